The van der Waals surface area contributed by atoms with Crippen molar-refractivity contribution in [1.82, 2.24) is 10.6 Å². The number of amides is 2. The van der Waals surface area contributed by atoms with Crippen molar-refractivity contribution in [3.05, 3.63) is 12.2 Å². The Balaban J connectivity index is 1.69. The van der Waals surface area contributed by atoms with Crippen molar-refractivity contribution in [2.24, 2.45) is 5.92 Å². The zero-order valence-electron chi connectivity index (χ0n) is 10.2. The minimum atomic E-state index is -0.0647. The van der Waals surface area contributed by atoms with E-state index in [-0.39, 0.29) is 24.6 Å². The lowest BCUT2D eigenvalue weighted by molar-refractivity contribution is 0.225. The summed E-state index contributed by atoms with van der Waals surface area (Å²) in [6, 6.07) is 0.364. The summed E-state index contributed by atoms with van der Waals surface area (Å²) in [6.45, 7) is 0.166. The Bertz CT molecular complexity index is 285. The van der Waals surface area contributed by atoms with Crippen LogP contribution in [0.2, 0.25) is 0 Å². The average Bonchev–Trinajstić information content (AvgIpc) is 2.78. The van der Waals surface area contributed by atoms with E-state index in [1.165, 1.54) is 19.3 Å². The molecule has 0 saturated heterocycles. The SMILES string of the molecule is O=C(NC1CCCCC1)N[C@@H]1C=C[C@H](CO)C1. The molecule has 0 aromatic carbocycles. The van der Waals surface area contributed by atoms with Crippen LogP contribution in [0.15, 0.2) is 12.2 Å². The first-order valence-corrected chi connectivity index (χ1v) is 6.64. The van der Waals surface area contributed by atoms with Crippen LogP contribution in [0.5, 0.6) is 0 Å². The van der Waals surface area contributed by atoms with Crippen LogP contribution in [0, 0.1) is 5.92 Å². The molecule has 0 radical (unpaired) electrons. The largest absolute Gasteiger partial charge is 0.396 e. The number of carbonyl (C=O) groups is 1. The van der Waals surface area contributed by atoms with Crippen molar-refractivity contribution in [3.8, 4) is 0 Å². The van der Waals surface area contributed by atoms with E-state index in [0.717, 1.165) is 19.3 Å². The van der Waals surface area contributed by atoms with Gasteiger partial charge >= 0.3 is 6.03 Å². The molecule has 4 nitrogen and oxygen atoms in total. The fourth-order valence-electron chi connectivity index (χ4n) is 2.66. The van der Waals surface area contributed by atoms with Crippen LogP contribution >= 0.6 is 0 Å². The van der Waals surface area contributed by atoms with Gasteiger partial charge in [0.15, 0.2) is 0 Å². The summed E-state index contributed by atoms with van der Waals surface area (Å²) in [6.07, 6.45) is 10.7. The Morgan fingerprint density at radius 3 is 2.59 bits per heavy atom. The van der Waals surface area contributed by atoms with E-state index >= 15 is 0 Å². The number of hydrogen-bond donors (Lipinski definition) is 3. The van der Waals surface area contributed by atoms with Gasteiger partial charge in [-0.05, 0) is 19.3 Å². The minimum Gasteiger partial charge on any atom is -0.396 e. The highest BCUT2D eigenvalue weighted by Gasteiger charge is 2.21. The number of rotatable bonds is 3. The molecule has 2 atom stereocenters. The van der Waals surface area contributed by atoms with Crippen LogP contribution in [0.4, 0.5) is 4.79 Å². The molecule has 2 amide bonds. The monoisotopic (exact) mass is 238 g/mol. The van der Waals surface area contributed by atoms with E-state index in [2.05, 4.69) is 10.6 Å². The van der Waals surface area contributed by atoms with Gasteiger partial charge in [-0.3, -0.25) is 0 Å². The van der Waals surface area contributed by atoms with E-state index in [1.807, 2.05) is 12.2 Å². The van der Waals surface area contributed by atoms with Gasteiger partial charge in [0.2, 0.25) is 0 Å². The van der Waals surface area contributed by atoms with E-state index in [9.17, 15) is 4.79 Å². The van der Waals surface area contributed by atoms with Gasteiger partial charge in [-0.1, -0.05) is 31.4 Å². The highest BCUT2D eigenvalue weighted by molar-refractivity contribution is 5.74. The molecule has 0 aromatic heterocycles. The van der Waals surface area contributed by atoms with Crippen LogP contribution in [0.3, 0.4) is 0 Å². The Hall–Kier alpha value is -1.03. The van der Waals surface area contributed by atoms with Gasteiger partial charge in [0.1, 0.15) is 0 Å². The lowest BCUT2D eigenvalue weighted by Crippen LogP contribution is -2.46. The Labute approximate surface area is 102 Å². The number of aliphatic hydroxyl groups is 1. The Kier molecular flexibility index (Phi) is 4.42. The highest BCUT2D eigenvalue weighted by atomic mass is 16.3. The van der Waals surface area contributed by atoms with Crippen LogP contribution in [-0.4, -0.2) is 29.8 Å². The molecule has 3 N–H and O–H groups in total. The van der Waals surface area contributed by atoms with Crippen LogP contribution in [0.1, 0.15) is 38.5 Å². The molecule has 0 aliphatic heterocycles. The van der Waals surface area contributed by atoms with Gasteiger partial charge in [0, 0.05) is 24.6 Å². The molecule has 2 aliphatic carbocycles. The predicted octanol–water partition coefficient (Wildman–Crippen LogP) is 1.56. The smallest absolute Gasteiger partial charge is 0.315 e. The topological polar surface area (TPSA) is 61.4 Å². The van der Waals surface area contributed by atoms with Gasteiger partial charge in [0.05, 0.1) is 0 Å². The maximum atomic E-state index is 11.7. The number of nitrogens with one attached hydrogen (secondary N) is 2. The molecule has 0 bridgehead atoms. The van der Waals surface area contributed by atoms with Crippen LogP contribution in [-0.2, 0) is 0 Å². The molecule has 1 saturated carbocycles. The number of urea groups is 1. The maximum Gasteiger partial charge on any atom is 0.315 e. The molecular formula is C13H22N2O2. The minimum absolute atomic E-state index is 0.0647. The molecule has 2 aliphatic rings. The third kappa shape index (κ3) is 3.73. The third-order valence-electron chi connectivity index (χ3n) is 3.66. The molecule has 0 aromatic rings. The van der Waals surface area contributed by atoms with Gasteiger partial charge < -0.3 is 15.7 Å². The molecule has 17 heavy (non-hydrogen) atoms. The molecule has 96 valence electrons. The Morgan fingerprint density at radius 2 is 1.94 bits per heavy atom. The molecule has 2 rings (SSSR count). The quantitative estimate of drug-likeness (QED) is 0.653. The van der Waals surface area contributed by atoms with Crippen LogP contribution < -0.4 is 10.6 Å². The fourth-order valence-corrected chi connectivity index (χ4v) is 2.66. The van der Waals surface area contributed by atoms with Gasteiger partial charge in [-0.25, -0.2) is 4.79 Å². The summed E-state index contributed by atoms with van der Waals surface area (Å²) in [5, 5.41) is 15.0. The maximum absolute atomic E-state index is 11.7. The molecule has 0 unspecified atom stereocenters. The fraction of sp³-hybridized carbons (Fsp3) is 0.769. The molecule has 4 heteroatoms. The van der Waals surface area contributed by atoms with E-state index in [0.29, 0.717) is 6.04 Å². The first-order chi connectivity index (χ1) is 8.28. The number of aliphatic hydroxyl groups excluding tert-OH is 1. The summed E-state index contributed by atoms with van der Waals surface area (Å²) in [7, 11) is 0. The zero-order valence-corrected chi connectivity index (χ0v) is 10.2. The third-order valence-corrected chi connectivity index (χ3v) is 3.66. The summed E-state index contributed by atoms with van der Waals surface area (Å²) < 4.78 is 0. The molecule has 0 spiro atoms. The highest BCUT2D eigenvalue weighted by Crippen LogP contribution is 2.18. The lowest BCUT2D eigenvalue weighted by atomic mass is 9.96. The summed E-state index contributed by atoms with van der Waals surface area (Å²) in [5.74, 6) is 0.204. The standard InChI is InChI=1S/C13H22N2O2/c16-9-10-6-7-12(8-10)15-13(17)14-11-4-2-1-3-5-11/h6-7,10-12,16H,1-5,8-9H2,(H2,14,15,17)/t10-,12+/m0/s1. The number of hydrogen-bond acceptors (Lipinski definition) is 2. The Morgan fingerprint density at radius 1 is 1.18 bits per heavy atom. The first-order valence-electron chi connectivity index (χ1n) is 6.64. The van der Waals surface area contributed by atoms with Crippen molar-refractivity contribution in [2.45, 2.75) is 50.6 Å². The average molecular weight is 238 g/mol. The van der Waals surface area contributed by atoms with Gasteiger partial charge in [-0.2, -0.15) is 0 Å². The second-order valence-corrected chi connectivity index (χ2v) is 5.12. The van der Waals surface area contributed by atoms with Crippen molar-refractivity contribution in [2.75, 3.05) is 6.61 Å². The van der Waals surface area contributed by atoms with Crippen molar-refractivity contribution >= 4 is 6.03 Å². The van der Waals surface area contributed by atoms with E-state index < -0.39 is 0 Å². The lowest BCUT2D eigenvalue weighted by Gasteiger charge is -2.24. The molecular weight excluding hydrogens is 216 g/mol. The zero-order chi connectivity index (χ0) is 12.1. The van der Waals surface area contributed by atoms with Crippen LogP contribution in [0.25, 0.3) is 0 Å². The van der Waals surface area contributed by atoms with Crippen molar-refractivity contribution in [1.29, 1.82) is 0 Å². The second-order valence-electron chi connectivity index (χ2n) is 5.12. The summed E-state index contributed by atoms with van der Waals surface area (Å²) in [4.78, 5) is 11.7. The first kappa shape index (κ1) is 12.4. The second kappa shape index (κ2) is 6.05. The van der Waals surface area contributed by atoms with E-state index in [1.54, 1.807) is 0 Å². The van der Waals surface area contributed by atoms with Crippen molar-refractivity contribution < 1.29 is 9.90 Å². The van der Waals surface area contributed by atoms with Crippen molar-refractivity contribution in [3.63, 3.8) is 0 Å². The van der Waals surface area contributed by atoms with E-state index in [4.69, 9.17) is 5.11 Å². The van der Waals surface area contributed by atoms with Gasteiger partial charge in [0.25, 0.3) is 0 Å². The summed E-state index contributed by atoms with van der Waals surface area (Å²) in [5.41, 5.74) is 0. The normalized spacial score (nSPS) is 29.2. The number of carbonyl (C=O) groups excluding carboxylic acids is 1. The molecule has 0 heterocycles. The van der Waals surface area contributed by atoms with Gasteiger partial charge in [-0.15, -0.1) is 0 Å². The summed E-state index contributed by atoms with van der Waals surface area (Å²) >= 11 is 0. The predicted molar refractivity (Wildman–Crippen MR) is 66.7 cm³/mol. The molecule has 1 fully saturated rings.